The van der Waals surface area contributed by atoms with Gasteiger partial charge in [-0.2, -0.15) is 17.8 Å². The first-order valence-corrected chi connectivity index (χ1v) is 16.2. The molecule has 226 valence electrons. The lowest BCUT2D eigenvalue weighted by Gasteiger charge is -2.42. The van der Waals surface area contributed by atoms with Gasteiger partial charge in [-0.15, -0.1) is 0 Å². The molecule has 3 aliphatic rings. The second-order valence-corrected chi connectivity index (χ2v) is 13.7. The molecule has 1 amide bonds. The van der Waals surface area contributed by atoms with Gasteiger partial charge >= 0.3 is 10.2 Å². The molecule has 0 spiro atoms. The predicted octanol–water partition coefficient (Wildman–Crippen LogP) is 2.79. The fraction of sp³-hybridized carbons (Fsp3) is 0.552. The van der Waals surface area contributed by atoms with Crippen molar-refractivity contribution in [2.75, 3.05) is 45.2 Å². The Balaban J connectivity index is 1.42. The molecule has 0 atom stereocenters. The summed E-state index contributed by atoms with van der Waals surface area (Å²) in [4.78, 5) is 22.7. The lowest BCUT2D eigenvalue weighted by Crippen LogP contribution is -2.48. The standard InChI is InChI=1S/C29H38FN7O4S/c1-34(2)42(40,41)33-29(39)24-18-25(36-14-10-21(11-15-36)35-16-12-23(38)13-17-35)26-27(19-4-3-5-19)32-37(28(26)31-24)22-8-6-20(30)7-9-22/h6-9,18-19,21,23,38H,3-5,10-17H2,1-2H3,(H,33,39). The molecule has 2 saturated heterocycles. The zero-order chi connectivity index (χ0) is 29.6. The third-order valence-corrected chi connectivity index (χ3v) is 10.4. The van der Waals surface area contributed by atoms with Gasteiger partial charge in [-0.25, -0.2) is 18.8 Å². The van der Waals surface area contributed by atoms with E-state index in [-0.39, 0.29) is 23.5 Å². The number of amides is 1. The molecule has 0 radical (unpaired) electrons. The van der Waals surface area contributed by atoms with Gasteiger partial charge in [0.25, 0.3) is 5.91 Å². The van der Waals surface area contributed by atoms with Crippen LogP contribution >= 0.6 is 0 Å². The van der Waals surface area contributed by atoms with Crippen LogP contribution < -0.4 is 9.62 Å². The van der Waals surface area contributed by atoms with E-state index in [1.807, 2.05) is 0 Å². The van der Waals surface area contributed by atoms with E-state index in [9.17, 15) is 22.7 Å². The zero-order valence-electron chi connectivity index (χ0n) is 24.0. The number of nitrogens with zero attached hydrogens (tertiary/aromatic N) is 6. The van der Waals surface area contributed by atoms with Crippen LogP contribution in [0.4, 0.5) is 10.1 Å². The van der Waals surface area contributed by atoms with Crippen molar-refractivity contribution >= 4 is 32.8 Å². The van der Waals surface area contributed by atoms with Gasteiger partial charge in [0.2, 0.25) is 0 Å². The molecule has 3 fully saturated rings. The number of piperidine rings is 2. The Hall–Kier alpha value is -3.13. The molecule has 1 aliphatic carbocycles. The molecular weight excluding hydrogens is 561 g/mol. The molecule has 0 bridgehead atoms. The largest absolute Gasteiger partial charge is 0.393 e. The number of rotatable bonds is 7. The average Bonchev–Trinajstić information content (AvgIpc) is 3.31. The number of likely N-dealkylation sites (tertiary alicyclic amines) is 1. The van der Waals surface area contributed by atoms with E-state index in [2.05, 4.69) is 19.5 Å². The van der Waals surface area contributed by atoms with Gasteiger partial charge in [-0.1, -0.05) is 6.42 Å². The number of hydrogen-bond acceptors (Lipinski definition) is 8. The number of carbonyl (C=O) groups is 1. The third-order valence-electron chi connectivity index (χ3n) is 8.96. The first kappa shape index (κ1) is 29.0. The number of aliphatic hydroxyl groups is 1. The summed E-state index contributed by atoms with van der Waals surface area (Å²) < 4.78 is 43.5. The molecule has 2 aromatic heterocycles. The minimum Gasteiger partial charge on any atom is -0.393 e. The van der Waals surface area contributed by atoms with E-state index < -0.39 is 16.1 Å². The number of benzene rings is 1. The van der Waals surface area contributed by atoms with Gasteiger partial charge in [0, 0.05) is 52.2 Å². The molecule has 42 heavy (non-hydrogen) atoms. The maximum atomic E-state index is 13.8. The summed E-state index contributed by atoms with van der Waals surface area (Å²) in [7, 11) is -1.34. The topological polar surface area (TPSA) is 124 Å². The molecule has 4 heterocycles. The predicted molar refractivity (Wildman–Crippen MR) is 158 cm³/mol. The number of fused-ring (bicyclic) bond motifs is 1. The van der Waals surface area contributed by atoms with E-state index in [0.29, 0.717) is 17.4 Å². The number of aromatic nitrogens is 3. The summed E-state index contributed by atoms with van der Waals surface area (Å²) in [6.45, 7) is 3.30. The van der Waals surface area contributed by atoms with Crippen LogP contribution in [0.25, 0.3) is 16.7 Å². The van der Waals surface area contributed by atoms with Crippen LogP contribution in [0.2, 0.25) is 0 Å². The number of carbonyl (C=O) groups excluding carboxylic acids is 1. The Morgan fingerprint density at radius 2 is 1.69 bits per heavy atom. The van der Waals surface area contributed by atoms with Crippen LogP contribution in [0.5, 0.6) is 0 Å². The minimum atomic E-state index is -4.04. The zero-order valence-corrected chi connectivity index (χ0v) is 24.9. The summed E-state index contributed by atoms with van der Waals surface area (Å²) in [6, 6.07) is 8.08. The second-order valence-electron chi connectivity index (χ2n) is 11.8. The Labute approximate surface area is 245 Å². The van der Waals surface area contributed by atoms with Gasteiger partial charge < -0.3 is 14.9 Å². The molecule has 2 N–H and O–H groups in total. The van der Waals surface area contributed by atoms with Crippen molar-refractivity contribution in [3.05, 3.63) is 47.5 Å². The van der Waals surface area contributed by atoms with Crippen molar-refractivity contribution < 1.29 is 22.7 Å². The summed E-state index contributed by atoms with van der Waals surface area (Å²) in [6.07, 6.45) is 6.36. The van der Waals surface area contributed by atoms with Crippen molar-refractivity contribution in [2.24, 2.45) is 0 Å². The maximum absolute atomic E-state index is 13.8. The molecule has 6 rings (SSSR count). The third kappa shape index (κ3) is 5.62. The number of anilines is 1. The molecule has 1 aromatic carbocycles. The summed E-state index contributed by atoms with van der Waals surface area (Å²) in [5, 5.41) is 15.8. The van der Waals surface area contributed by atoms with Crippen molar-refractivity contribution in [1.82, 2.24) is 28.7 Å². The van der Waals surface area contributed by atoms with Gasteiger partial charge in [0.1, 0.15) is 11.5 Å². The fourth-order valence-electron chi connectivity index (χ4n) is 6.20. The van der Waals surface area contributed by atoms with Crippen LogP contribution in [0.3, 0.4) is 0 Å². The second kappa shape index (κ2) is 11.5. The van der Waals surface area contributed by atoms with Crippen molar-refractivity contribution in [1.29, 1.82) is 0 Å². The Kier molecular flexibility index (Phi) is 7.94. The maximum Gasteiger partial charge on any atom is 0.303 e. The van der Waals surface area contributed by atoms with Crippen LogP contribution in [0.15, 0.2) is 30.3 Å². The number of halogens is 1. The molecule has 1 saturated carbocycles. The van der Waals surface area contributed by atoms with Gasteiger partial charge in [-0.3, -0.25) is 4.79 Å². The smallest absolute Gasteiger partial charge is 0.303 e. The van der Waals surface area contributed by atoms with E-state index in [1.54, 1.807) is 22.9 Å². The van der Waals surface area contributed by atoms with Crippen molar-refractivity contribution in [3.8, 4) is 5.69 Å². The SMILES string of the molecule is CN(C)S(=O)(=O)NC(=O)c1cc(N2CCC(N3CCC(O)CC3)CC2)c2c(C3CCC3)nn(-c3ccc(F)cc3)c2n1. The highest BCUT2D eigenvalue weighted by Gasteiger charge is 2.33. The number of aliphatic hydroxyl groups excluding tert-OH is 1. The van der Waals surface area contributed by atoms with E-state index in [1.165, 1.54) is 26.2 Å². The molecule has 2 aliphatic heterocycles. The normalized spacial score (nSPS) is 19.9. The fourth-order valence-corrected chi connectivity index (χ4v) is 6.72. The van der Waals surface area contributed by atoms with E-state index in [4.69, 9.17) is 5.10 Å². The highest BCUT2D eigenvalue weighted by Crippen LogP contribution is 2.43. The van der Waals surface area contributed by atoms with Crippen LogP contribution in [-0.2, 0) is 10.2 Å². The Morgan fingerprint density at radius 3 is 2.29 bits per heavy atom. The highest BCUT2D eigenvalue weighted by atomic mass is 32.2. The number of pyridine rings is 1. The Bertz CT molecular complexity index is 1560. The first-order valence-electron chi connectivity index (χ1n) is 14.7. The summed E-state index contributed by atoms with van der Waals surface area (Å²) >= 11 is 0. The van der Waals surface area contributed by atoms with Gasteiger partial charge in [0.05, 0.1) is 28.6 Å². The average molecular weight is 600 g/mol. The first-order chi connectivity index (χ1) is 20.1. The minimum absolute atomic E-state index is 0.0292. The highest BCUT2D eigenvalue weighted by molar-refractivity contribution is 7.87. The number of hydrogen-bond donors (Lipinski definition) is 2. The molecule has 13 heteroatoms. The summed E-state index contributed by atoms with van der Waals surface area (Å²) in [5.41, 5.74) is 2.74. The quantitative estimate of drug-likeness (QED) is 0.425. The van der Waals surface area contributed by atoms with E-state index >= 15 is 0 Å². The molecule has 3 aromatic rings. The van der Waals surface area contributed by atoms with Gasteiger partial charge in [0.15, 0.2) is 5.65 Å². The Morgan fingerprint density at radius 1 is 1.02 bits per heavy atom. The van der Waals surface area contributed by atoms with Gasteiger partial charge in [-0.05, 0) is 68.9 Å². The summed E-state index contributed by atoms with van der Waals surface area (Å²) in [5.74, 6) is -0.949. The molecule has 0 unspecified atom stereocenters. The van der Waals surface area contributed by atoms with Crippen molar-refractivity contribution in [2.45, 2.75) is 63.0 Å². The van der Waals surface area contributed by atoms with Crippen LogP contribution in [0, 0.1) is 5.82 Å². The lowest BCUT2D eigenvalue weighted by atomic mass is 9.82. The van der Waals surface area contributed by atoms with Crippen molar-refractivity contribution in [3.63, 3.8) is 0 Å². The van der Waals surface area contributed by atoms with Crippen LogP contribution in [0.1, 0.15) is 67.0 Å². The molecular formula is C29H38FN7O4S. The lowest BCUT2D eigenvalue weighted by molar-refractivity contribution is 0.0542. The van der Waals surface area contributed by atoms with Crippen LogP contribution in [-0.4, -0.2) is 95.8 Å². The number of nitrogens with one attached hydrogen (secondary N) is 1. The molecule has 11 nitrogen and oxygen atoms in total. The monoisotopic (exact) mass is 599 g/mol. The van der Waals surface area contributed by atoms with E-state index in [0.717, 1.165) is 92.2 Å².